The van der Waals surface area contributed by atoms with Crippen molar-refractivity contribution in [2.45, 2.75) is 25.8 Å². The summed E-state index contributed by atoms with van der Waals surface area (Å²) in [6.07, 6.45) is 3.22. The van der Waals surface area contributed by atoms with Crippen LogP contribution in [0.2, 0.25) is 0 Å². The molecular formula is C27H22N8O4. The third-order valence-corrected chi connectivity index (χ3v) is 6.97. The Morgan fingerprint density at radius 2 is 1.95 bits per heavy atom. The second-order valence-electron chi connectivity index (χ2n) is 9.36. The Morgan fingerprint density at radius 1 is 1.10 bits per heavy atom. The maximum absolute atomic E-state index is 12.8. The number of amides is 2. The van der Waals surface area contributed by atoms with Crippen LogP contribution in [0.5, 0.6) is 11.5 Å². The van der Waals surface area contributed by atoms with Crippen LogP contribution in [0.25, 0.3) is 17.0 Å². The molecule has 5 aromatic rings. The molecule has 0 spiro atoms. The van der Waals surface area contributed by atoms with Gasteiger partial charge in [0.25, 0.3) is 5.91 Å². The summed E-state index contributed by atoms with van der Waals surface area (Å²) < 4.78 is 12.4. The Morgan fingerprint density at radius 3 is 2.82 bits per heavy atom. The quantitative estimate of drug-likeness (QED) is 0.319. The Bertz CT molecular complexity index is 1760. The van der Waals surface area contributed by atoms with Crippen molar-refractivity contribution in [3.63, 3.8) is 0 Å². The number of carbonyl (C=O) groups excluding carboxylic acids is 2. The number of aryl methyl sites for hydroxylation is 1. The first-order valence-corrected chi connectivity index (χ1v) is 12.4. The van der Waals surface area contributed by atoms with Crippen LogP contribution >= 0.6 is 0 Å². The Kier molecular flexibility index (Phi) is 5.25. The van der Waals surface area contributed by atoms with Gasteiger partial charge in [0.15, 0.2) is 23.0 Å². The molecule has 39 heavy (non-hydrogen) atoms. The third-order valence-electron chi connectivity index (χ3n) is 6.97. The van der Waals surface area contributed by atoms with E-state index in [1.807, 2.05) is 37.3 Å². The molecule has 12 heteroatoms. The number of hydrogen-bond acceptors (Lipinski definition) is 8. The van der Waals surface area contributed by atoms with Crippen LogP contribution in [-0.4, -0.2) is 48.3 Å². The maximum Gasteiger partial charge on any atom is 0.251 e. The second-order valence-corrected chi connectivity index (χ2v) is 9.36. The monoisotopic (exact) mass is 522 g/mol. The minimum Gasteiger partial charge on any atom is -0.454 e. The smallest absolute Gasteiger partial charge is 0.251 e. The van der Waals surface area contributed by atoms with E-state index < -0.39 is 0 Å². The van der Waals surface area contributed by atoms with Gasteiger partial charge >= 0.3 is 0 Å². The van der Waals surface area contributed by atoms with E-state index >= 15 is 0 Å². The molecular weight excluding hydrogens is 500 g/mol. The van der Waals surface area contributed by atoms with E-state index in [-0.39, 0.29) is 30.9 Å². The van der Waals surface area contributed by atoms with Crippen LogP contribution in [0.3, 0.4) is 0 Å². The number of H-pyrrole nitrogens is 1. The van der Waals surface area contributed by atoms with E-state index in [1.54, 1.807) is 23.1 Å². The average molecular weight is 523 g/mol. The SMILES string of the molecule is Cc1nn(-c2ncnc3nc[nH]c23)c2c1[C@H](c1ccc(C(=O)NCc3ccc4c(c3)OCO4)cc1)CC(=O)N2. The lowest BCUT2D eigenvalue weighted by Gasteiger charge is -2.24. The number of imidazole rings is 1. The highest BCUT2D eigenvalue weighted by Crippen LogP contribution is 2.40. The van der Waals surface area contributed by atoms with E-state index in [2.05, 4.69) is 30.6 Å². The largest absolute Gasteiger partial charge is 0.454 e. The molecule has 2 aromatic carbocycles. The Balaban J connectivity index is 1.14. The molecule has 2 amide bonds. The standard InChI is InChI=1S/C27H22N8O4/c1-14-22-18(9-21(36)33-25(22)35(34-14)26-23-24(30-11-29-23)31-12-32-26)16-3-5-17(6-4-16)27(37)28-10-15-2-7-19-20(8-15)39-13-38-19/h2-8,11-12,18H,9-10,13H2,1H3,(H,28,37)(H,33,36)(H,29,30,31,32)/t18-/m0/s1. The molecule has 2 aliphatic rings. The Hall–Kier alpha value is -5.26. The van der Waals surface area contributed by atoms with E-state index in [9.17, 15) is 9.59 Å². The number of aromatic amines is 1. The highest BCUT2D eigenvalue weighted by Gasteiger charge is 2.33. The summed E-state index contributed by atoms with van der Waals surface area (Å²) in [6, 6.07) is 12.9. The van der Waals surface area contributed by atoms with E-state index in [0.29, 0.717) is 46.4 Å². The molecule has 0 saturated heterocycles. The molecule has 3 aromatic heterocycles. The first kappa shape index (κ1) is 22.9. The van der Waals surface area contributed by atoms with Crippen molar-refractivity contribution in [3.8, 4) is 17.3 Å². The van der Waals surface area contributed by atoms with Crippen LogP contribution < -0.4 is 20.1 Å². The maximum atomic E-state index is 12.8. The summed E-state index contributed by atoms with van der Waals surface area (Å²) in [7, 11) is 0. The number of aromatic nitrogens is 6. The van der Waals surface area contributed by atoms with Crippen LogP contribution in [0, 0.1) is 6.92 Å². The van der Waals surface area contributed by atoms with Crippen LogP contribution in [0.1, 0.15) is 45.1 Å². The average Bonchev–Trinajstić information content (AvgIpc) is 3.70. The van der Waals surface area contributed by atoms with Crippen molar-refractivity contribution in [2.24, 2.45) is 0 Å². The van der Waals surface area contributed by atoms with E-state index in [4.69, 9.17) is 14.6 Å². The number of nitrogens with zero attached hydrogens (tertiary/aromatic N) is 5. The zero-order valence-corrected chi connectivity index (χ0v) is 20.8. The fraction of sp³-hybridized carbons (Fsp3) is 0.185. The van der Waals surface area contributed by atoms with Gasteiger partial charge in [0.1, 0.15) is 17.7 Å². The lowest BCUT2D eigenvalue weighted by Crippen LogP contribution is -2.25. The summed E-state index contributed by atoms with van der Waals surface area (Å²) in [4.78, 5) is 41.4. The molecule has 0 bridgehead atoms. The van der Waals surface area contributed by atoms with Crippen LogP contribution in [0.15, 0.2) is 55.1 Å². The molecule has 7 rings (SSSR count). The highest BCUT2D eigenvalue weighted by atomic mass is 16.7. The van der Waals surface area contributed by atoms with Crippen molar-refractivity contribution in [2.75, 3.05) is 12.1 Å². The number of benzene rings is 2. The van der Waals surface area contributed by atoms with Crippen LogP contribution in [-0.2, 0) is 11.3 Å². The number of anilines is 1. The minimum absolute atomic E-state index is 0.130. The molecule has 12 nitrogen and oxygen atoms in total. The predicted molar refractivity (Wildman–Crippen MR) is 139 cm³/mol. The normalized spacial score (nSPS) is 15.7. The Labute approximate surface area is 221 Å². The molecule has 0 unspecified atom stereocenters. The fourth-order valence-corrected chi connectivity index (χ4v) is 5.10. The number of hydrogen-bond donors (Lipinski definition) is 3. The van der Waals surface area contributed by atoms with Crippen molar-refractivity contribution in [3.05, 3.63) is 83.1 Å². The molecule has 0 radical (unpaired) electrons. The van der Waals surface area contributed by atoms with Gasteiger partial charge in [0.2, 0.25) is 12.7 Å². The summed E-state index contributed by atoms with van der Waals surface area (Å²) in [5.41, 5.74) is 5.15. The zero-order chi connectivity index (χ0) is 26.5. The molecule has 2 aliphatic heterocycles. The van der Waals surface area contributed by atoms with Gasteiger partial charge in [0, 0.05) is 30.0 Å². The lowest BCUT2D eigenvalue weighted by molar-refractivity contribution is -0.116. The van der Waals surface area contributed by atoms with Gasteiger partial charge < -0.3 is 25.1 Å². The van der Waals surface area contributed by atoms with Crippen molar-refractivity contribution >= 4 is 28.8 Å². The highest BCUT2D eigenvalue weighted by molar-refractivity contribution is 5.96. The minimum atomic E-state index is -0.229. The number of carbonyl (C=O) groups is 2. The molecule has 3 N–H and O–H groups in total. The molecule has 0 saturated carbocycles. The van der Waals surface area contributed by atoms with Gasteiger partial charge in [-0.25, -0.2) is 15.0 Å². The van der Waals surface area contributed by atoms with E-state index in [1.165, 1.54) is 6.33 Å². The summed E-state index contributed by atoms with van der Waals surface area (Å²) in [6.45, 7) is 2.47. The van der Waals surface area contributed by atoms with Gasteiger partial charge in [-0.3, -0.25) is 9.59 Å². The molecule has 194 valence electrons. The van der Waals surface area contributed by atoms with Crippen LogP contribution in [0.4, 0.5) is 5.82 Å². The van der Waals surface area contributed by atoms with Crippen molar-refractivity contribution in [1.29, 1.82) is 0 Å². The topological polar surface area (TPSA) is 149 Å². The van der Waals surface area contributed by atoms with Gasteiger partial charge in [-0.1, -0.05) is 18.2 Å². The number of fused-ring (bicyclic) bond motifs is 3. The number of rotatable bonds is 5. The first-order chi connectivity index (χ1) is 19.0. The zero-order valence-electron chi connectivity index (χ0n) is 20.8. The van der Waals surface area contributed by atoms with Gasteiger partial charge in [-0.2, -0.15) is 9.78 Å². The summed E-state index contributed by atoms with van der Waals surface area (Å²) >= 11 is 0. The third kappa shape index (κ3) is 3.93. The van der Waals surface area contributed by atoms with E-state index in [0.717, 1.165) is 22.4 Å². The molecule has 0 fully saturated rings. The number of ether oxygens (including phenoxy) is 2. The molecule has 5 heterocycles. The predicted octanol–water partition coefficient (Wildman–Crippen LogP) is 2.98. The van der Waals surface area contributed by atoms with Gasteiger partial charge in [0.05, 0.1) is 12.0 Å². The fourth-order valence-electron chi connectivity index (χ4n) is 5.10. The lowest BCUT2D eigenvalue weighted by atomic mass is 9.85. The second kappa shape index (κ2) is 8.94. The van der Waals surface area contributed by atoms with Crippen molar-refractivity contribution in [1.82, 2.24) is 35.0 Å². The summed E-state index contributed by atoms with van der Waals surface area (Å²) in [5.74, 6) is 1.88. The van der Waals surface area contributed by atoms with Gasteiger partial charge in [-0.15, -0.1) is 0 Å². The number of nitrogens with one attached hydrogen (secondary N) is 3. The first-order valence-electron chi connectivity index (χ1n) is 12.4. The summed E-state index contributed by atoms with van der Waals surface area (Å²) in [5, 5.41) is 10.6. The molecule has 1 atom stereocenters. The van der Waals surface area contributed by atoms with Gasteiger partial charge in [-0.05, 0) is 42.3 Å². The van der Waals surface area contributed by atoms with Crippen molar-refractivity contribution < 1.29 is 19.1 Å². The molecule has 0 aliphatic carbocycles.